The van der Waals surface area contributed by atoms with Crippen molar-refractivity contribution >= 4 is 10.0 Å². The summed E-state index contributed by atoms with van der Waals surface area (Å²) in [6.45, 7) is 2.96. The van der Waals surface area contributed by atoms with Gasteiger partial charge in [0.15, 0.2) is 0 Å². The lowest BCUT2D eigenvalue weighted by molar-refractivity contribution is 0.230. The van der Waals surface area contributed by atoms with Gasteiger partial charge in [-0.15, -0.1) is 0 Å². The van der Waals surface area contributed by atoms with Crippen molar-refractivity contribution in [3.05, 3.63) is 0 Å². The van der Waals surface area contributed by atoms with Crippen LogP contribution in [0.4, 0.5) is 0 Å². The van der Waals surface area contributed by atoms with Crippen LogP contribution in [0.25, 0.3) is 0 Å². The number of hydrogen-bond donors (Lipinski definition) is 0. The highest BCUT2D eigenvalue weighted by molar-refractivity contribution is 7.89. The Morgan fingerprint density at radius 3 is 2.24 bits per heavy atom. The Kier molecular flexibility index (Phi) is 3.46. The Bertz CT molecular complexity index is 410. The fourth-order valence-corrected chi connectivity index (χ4v) is 4.79. The van der Waals surface area contributed by atoms with E-state index in [-0.39, 0.29) is 10.7 Å². The first kappa shape index (κ1) is 12.8. The molecule has 1 aliphatic carbocycles. The number of rotatable bonds is 2. The van der Waals surface area contributed by atoms with Crippen LogP contribution in [0.15, 0.2) is 0 Å². The zero-order valence-electron chi connectivity index (χ0n) is 10.4. The van der Waals surface area contributed by atoms with E-state index in [1.54, 1.807) is 4.31 Å². The molecule has 0 amide bonds. The summed E-state index contributed by atoms with van der Waals surface area (Å²) in [7, 11) is -3.10. The molecule has 0 aromatic heterocycles. The van der Waals surface area contributed by atoms with Gasteiger partial charge in [0.1, 0.15) is 0 Å². The SMILES string of the molecule is CC1(C#N)CCN(S(=O)(=O)C2CCCC2)CC1. The third kappa shape index (κ3) is 2.48. The van der Waals surface area contributed by atoms with Crippen LogP contribution in [0, 0.1) is 16.7 Å². The average Bonchev–Trinajstić information content (AvgIpc) is 2.84. The van der Waals surface area contributed by atoms with Crippen LogP contribution in [0.1, 0.15) is 45.4 Å². The summed E-state index contributed by atoms with van der Waals surface area (Å²) in [6.07, 6.45) is 5.02. The third-order valence-corrected chi connectivity index (χ3v) is 6.58. The quantitative estimate of drug-likeness (QED) is 0.758. The summed E-state index contributed by atoms with van der Waals surface area (Å²) < 4.78 is 26.3. The number of nitrogens with zero attached hydrogens (tertiary/aromatic N) is 2. The van der Waals surface area contributed by atoms with Crippen LogP contribution in [0.5, 0.6) is 0 Å². The normalized spacial score (nSPS) is 26.8. The van der Waals surface area contributed by atoms with E-state index in [4.69, 9.17) is 5.26 Å². The van der Waals surface area contributed by atoms with Crippen molar-refractivity contribution in [3.8, 4) is 6.07 Å². The van der Waals surface area contributed by atoms with Crippen molar-refractivity contribution in [2.45, 2.75) is 50.7 Å². The van der Waals surface area contributed by atoms with Gasteiger partial charge in [-0.05, 0) is 32.6 Å². The molecule has 1 aliphatic heterocycles. The van der Waals surface area contributed by atoms with E-state index in [1.807, 2.05) is 6.92 Å². The van der Waals surface area contributed by atoms with Crippen LogP contribution in [0.2, 0.25) is 0 Å². The highest BCUT2D eigenvalue weighted by Crippen LogP contribution is 2.34. The number of piperidine rings is 1. The second-order valence-electron chi connectivity index (χ2n) is 5.52. The first-order chi connectivity index (χ1) is 7.98. The molecular weight excluding hydrogens is 236 g/mol. The topological polar surface area (TPSA) is 61.2 Å². The minimum absolute atomic E-state index is 0.158. The molecule has 1 saturated heterocycles. The highest BCUT2D eigenvalue weighted by atomic mass is 32.2. The van der Waals surface area contributed by atoms with E-state index in [0.29, 0.717) is 25.9 Å². The zero-order chi connectivity index (χ0) is 12.5. The zero-order valence-corrected chi connectivity index (χ0v) is 11.2. The van der Waals surface area contributed by atoms with Crippen LogP contribution in [-0.2, 0) is 10.0 Å². The molecule has 96 valence electrons. The molecule has 0 N–H and O–H groups in total. The molecule has 0 unspecified atom stereocenters. The van der Waals surface area contributed by atoms with Crippen molar-refractivity contribution < 1.29 is 8.42 Å². The predicted molar refractivity (Wildman–Crippen MR) is 65.7 cm³/mol. The third-order valence-electron chi connectivity index (χ3n) is 4.18. The molecule has 0 aromatic carbocycles. The van der Waals surface area contributed by atoms with E-state index in [2.05, 4.69) is 6.07 Å². The summed E-state index contributed by atoms with van der Waals surface area (Å²) in [6, 6.07) is 2.30. The summed E-state index contributed by atoms with van der Waals surface area (Å²) in [5.41, 5.74) is -0.332. The molecular formula is C12H20N2O2S. The van der Waals surface area contributed by atoms with Gasteiger partial charge in [0.2, 0.25) is 10.0 Å². The molecule has 0 spiro atoms. The second-order valence-corrected chi connectivity index (χ2v) is 7.74. The molecule has 5 heteroatoms. The molecule has 1 heterocycles. The van der Waals surface area contributed by atoms with Gasteiger partial charge in [-0.1, -0.05) is 12.8 Å². The van der Waals surface area contributed by atoms with Crippen molar-refractivity contribution in [1.82, 2.24) is 4.31 Å². The molecule has 2 fully saturated rings. The second kappa shape index (κ2) is 4.58. The average molecular weight is 256 g/mol. The molecule has 2 rings (SSSR count). The van der Waals surface area contributed by atoms with E-state index in [0.717, 1.165) is 25.7 Å². The van der Waals surface area contributed by atoms with Gasteiger partial charge >= 0.3 is 0 Å². The van der Waals surface area contributed by atoms with Crippen molar-refractivity contribution in [2.75, 3.05) is 13.1 Å². The lowest BCUT2D eigenvalue weighted by Crippen LogP contribution is -2.45. The molecule has 2 aliphatic rings. The van der Waals surface area contributed by atoms with E-state index in [9.17, 15) is 8.42 Å². The maximum Gasteiger partial charge on any atom is 0.216 e. The van der Waals surface area contributed by atoms with Gasteiger partial charge in [-0.3, -0.25) is 0 Å². The van der Waals surface area contributed by atoms with Crippen LogP contribution in [0.3, 0.4) is 0 Å². The first-order valence-corrected chi connectivity index (χ1v) is 7.88. The fraction of sp³-hybridized carbons (Fsp3) is 0.917. The Morgan fingerprint density at radius 1 is 1.24 bits per heavy atom. The minimum atomic E-state index is -3.10. The van der Waals surface area contributed by atoms with Crippen LogP contribution in [-0.4, -0.2) is 31.1 Å². The number of nitriles is 1. The summed E-state index contributed by atoms with van der Waals surface area (Å²) in [5.74, 6) is 0. The lowest BCUT2D eigenvalue weighted by atomic mass is 9.83. The molecule has 17 heavy (non-hydrogen) atoms. The summed E-state index contributed by atoms with van der Waals surface area (Å²) >= 11 is 0. The molecule has 4 nitrogen and oxygen atoms in total. The van der Waals surface area contributed by atoms with Gasteiger partial charge < -0.3 is 0 Å². The molecule has 0 atom stereocenters. The molecule has 0 bridgehead atoms. The maximum absolute atomic E-state index is 12.3. The maximum atomic E-state index is 12.3. The molecule has 0 aromatic rings. The summed E-state index contributed by atoms with van der Waals surface area (Å²) in [5, 5.41) is 8.87. The van der Waals surface area contributed by atoms with Gasteiger partial charge in [0, 0.05) is 13.1 Å². The largest absolute Gasteiger partial charge is 0.216 e. The standard InChI is InChI=1S/C12H20N2O2S/c1-12(10-13)6-8-14(9-7-12)17(15,16)11-4-2-3-5-11/h11H,2-9H2,1H3. The van der Waals surface area contributed by atoms with E-state index >= 15 is 0 Å². The lowest BCUT2D eigenvalue weighted by Gasteiger charge is -2.35. The van der Waals surface area contributed by atoms with Gasteiger partial charge in [-0.2, -0.15) is 5.26 Å². The van der Waals surface area contributed by atoms with Crippen molar-refractivity contribution in [2.24, 2.45) is 5.41 Å². The summed E-state index contributed by atoms with van der Waals surface area (Å²) in [4.78, 5) is 0. The Hall–Kier alpha value is -0.600. The smallest absolute Gasteiger partial charge is 0.212 e. The van der Waals surface area contributed by atoms with Gasteiger partial charge in [0.05, 0.1) is 16.7 Å². The molecule has 0 radical (unpaired) electrons. The van der Waals surface area contributed by atoms with Crippen LogP contribution < -0.4 is 0 Å². The Morgan fingerprint density at radius 2 is 1.76 bits per heavy atom. The fourth-order valence-electron chi connectivity index (χ4n) is 2.74. The van der Waals surface area contributed by atoms with E-state index < -0.39 is 10.0 Å². The van der Waals surface area contributed by atoms with E-state index in [1.165, 1.54) is 0 Å². The van der Waals surface area contributed by atoms with Crippen molar-refractivity contribution in [3.63, 3.8) is 0 Å². The number of hydrogen-bond acceptors (Lipinski definition) is 3. The number of sulfonamides is 1. The van der Waals surface area contributed by atoms with Crippen LogP contribution >= 0.6 is 0 Å². The van der Waals surface area contributed by atoms with Crippen molar-refractivity contribution in [1.29, 1.82) is 5.26 Å². The predicted octanol–water partition coefficient (Wildman–Crippen LogP) is 1.88. The molecule has 1 saturated carbocycles. The minimum Gasteiger partial charge on any atom is -0.212 e. The van der Waals surface area contributed by atoms with Gasteiger partial charge in [0.25, 0.3) is 0 Å². The van der Waals surface area contributed by atoms with Gasteiger partial charge in [-0.25, -0.2) is 12.7 Å². The Balaban J connectivity index is 2.03. The Labute approximate surface area is 104 Å². The first-order valence-electron chi connectivity index (χ1n) is 6.38. The monoisotopic (exact) mass is 256 g/mol. The highest BCUT2D eigenvalue weighted by Gasteiger charge is 2.39.